The third-order valence-electron chi connectivity index (χ3n) is 0. The molecule has 0 unspecified atom stereocenters. The Hall–Kier alpha value is 1.45. The summed E-state index contributed by atoms with van der Waals surface area (Å²) in [5.41, 5.74) is 0. The van der Waals surface area contributed by atoms with Crippen LogP contribution in [-0.2, 0) is 0 Å². The molecule has 0 aromatic carbocycles. The summed E-state index contributed by atoms with van der Waals surface area (Å²) in [4.78, 5) is 0. The fourth-order valence-electron chi connectivity index (χ4n) is 0. The second-order valence-electron chi connectivity index (χ2n) is 2.37. The molecule has 0 heterocycles. The van der Waals surface area contributed by atoms with E-state index in [1.807, 2.05) is 0 Å². The van der Waals surface area contributed by atoms with Crippen molar-refractivity contribution in [3.05, 3.63) is 0 Å². The molecule has 0 spiro atoms. The number of hydrogen-bond acceptors (Lipinski definition) is 0. The minimum atomic E-state index is 0. The summed E-state index contributed by atoms with van der Waals surface area (Å²) in [6, 6.07) is 0. The molecule has 0 amide bonds. The Morgan fingerprint density at radius 2 is 1.00 bits per heavy atom. The van der Waals surface area contributed by atoms with E-state index in [0.717, 1.165) is 0 Å². The van der Waals surface area contributed by atoms with Gasteiger partial charge in [-0.15, -0.1) is 0 Å². The van der Waals surface area contributed by atoms with Crippen molar-refractivity contribution in [1.29, 1.82) is 0 Å². The van der Waals surface area contributed by atoms with Crippen LogP contribution in [-0.4, -0.2) is 24.4 Å². The van der Waals surface area contributed by atoms with Crippen LogP contribution in [0.15, 0.2) is 0 Å². The summed E-state index contributed by atoms with van der Waals surface area (Å²) in [5, 5.41) is 0. The van der Waals surface area contributed by atoms with Crippen LogP contribution in [0.1, 0.15) is 20.8 Å². The van der Waals surface area contributed by atoms with Gasteiger partial charge in [0.2, 0.25) is 0 Å². The smallest absolute Gasteiger partial charge is 1.00 e. The van der Waals surface area contributed by atoms with Crippen LogP contribution in [0, 0.1) is 0 Å². The fraction of sp³-hybridized carbons (Fsp3) is 1.00. The first-order valence-electron chi connectivity index (χ1n) is 1.79. The van der Waals surface area contributed by atoms with Crippen LogP contribution in [0.3, 0.4) is 0 Å². The Balaban J connectivity index is -0.0000000800. The first-order chi connectivity index (χ1) is 2.00. The van der Waals surface area contributed by atoms with Crippen molar-refractivity contribution in [2.24, 2.45) is 0 Å². The summed E-state index contributed by atoms with van der Waals surface area (Å²) in [7, 11) is 0. The van der Waals surface area contributed by atoms with Gasteiger partial charge in [0.05, 0.1) is 0 Å². The number of hydrogen-bond donors (Lipinski definition) is 0. The molecule has 0 saturated carbocycles. The van der Waals surface area contributed by atoms with Crippen LogP contribution in [0.2, 0.25) is 3.17 Å². The van der Waals surface area contributed by atoms with Crippen LogP contribution in [0.5, 0.6) is 0 Å². The van der Waals surface area contributed by atoms with E-state index in [-0.39, 0.29) is 24.8 Å². The van der Waals surface area contributed by atoms with Crippen molar-refractivity contribution in [2.45, 2.75) is 23.9 Å². The van der Waals surface area contributed by atoms with Gasteiger partial charge in [0.25, 0.3) is 0 Å². The summed E-state index contributed by atoms with van der Waals surface area (Å²) in [5.74, 6) is 0. The van der Waals surface area contributed by atoms with Gasteiger partial charge in [-0.1, -0.05) is 0 Å². The van der Waals surface area contributed by atoms with Crippen molar-refractivity contribution in [2.75, 3.05) is 0 Å². The minimum absolute atomic E-state index is 0. The molecule has 0 saturated heterocycles. The van der Waals surface area contributed by atoms with Gasteiger partial charge in [0.1, 0.15) is 0 Å². The second-order valence-corrected chi connectivity index (χ2v) is 7.31. The van der Waals surface area contributed by atoms with Crippen molar-refractivity contribution in [3.63, 3.8) is 0 Å². The van der Waals surface area contributed by atoms with E-state index in [4.69, 9.17) is 0 Å². The quantitative estimate of drug-likeness (QED) is 0.401. The zero-order valence-electron chi connectivity index (χ0n) is 4.83. The Bertz CT molecular complexity index is 25.2. The SMILES string of the molecule is C[C](C)(C)[In+2].[Cl-].[Cl-]. The van der Waals surface area contributed by atoms with Crippen LogP contribution >= 0.6 is 0 Å². The van der Waals surface area contributed by atoms with E-state index in [9.17, 15) is 0 Å². The van der Waals surface area contributed by atoms with Gasteiger partial charge >= 0.3 is 48.3 Å². The molecule has 0 aliphatic carbocycles. The molecule has 0 nitrogen and oxygen atoms in total. The first-order valence-corrected chi connectivity index (χ1v) is 3.44. The van der Waals surface area contributed by atoms with Gasteiger partial charge in [0, 0.05) is 0 Å². The Morgan fingerprint density at radius 1 is 1.00 bits per heavy atom. The van der Waals surface area contributed by atoms with Gasteiger partial charge in [-0.05, 0) is 0 Å². The predicted molar refractivity (Wildman–Crippen MR) is 25.5 cm³/mol. The van der Waals surface area contributed by atoms with Crippen molar-refractivity contribution in [1.82, 2.24) is 0 Å². The normalized spacial score (nSPS) is 8.71. The third kappa shape index (κ3) is 105. The van der Waals surface area contributed by atoms with E-state index in [2.05, 4.69) is 20.8 Å². The molecule has 42 valence electrons. The molecule has 0 aromatic rings. The summed E-state index contributed by atoms with van der Waals surface area (Å²) in [6.45, 7) is 6.74. The monoisotopic (exact) mass is 242 g/mol. The third-order valence-corrected chi connectivity index (χ3v) is 0. The van der Waals surface area contributed by atoms with Crippen LogP contribution in [0.4, 0.5) is 0 Å². The molecule has 0 bridgehead atoms. The van der Waals surface area contributed by atoms with Gasteiger partial charge in [0.15, 0.2) is 0 Å². The summed E-state index contributed by atoms with van der Waals surface area (Å²) < 4.78 is 0.630. The molecule has 0 rings (SSSR count). The topological polar surface area (TPSA) is 0 Å². The van der Waals surface area contributed by atoms with Gasteiger partial charge in [-0.25, -0.2) is 0 Å². The fourth-order valence-corrected chi connectivity index (χ4v) is 0. The molecule has 3 heteroatoms. The van der Waals surface area contributed by atoms with E-state index < -0.39 is 0 Å². The maximum atomic E-state index is 2.25. The van der Waals surface area contributed by atoms with Crippen molar-refractivity contribution in [3.8, 4) is 0 Å². The van der Waals surface area contributed by atoms with Crippen molar-refractivity contribution >= 4 is 24.4 Å². The summed E-state index contributed by atoms with van der Waals surface area (Å²) in [6.07, 6.45) is 0. The molecular formula is C4H9Cl2In. The van der Waals surface area contributed by atoms with E-state index in [1.165, 1.54) is 24.4 Å². The molecule has 0 aliphatic heterocycles. The Labute approximate surface area is 72.8 Å². The molecule has 0 aliphatic rings. The zero-order valence-corrected chi connectivity index (χ0v) is 9.64. The van der Waals surface area contributed by atoms with E-state index in [0.29, 0.717) is 3.17 Å². The molecule has 0 fully saturated rings. The standard InChI is InChI=1S/C4H9.2ClH.In/c1-4(2)3;;;/h1-3H3;2*1H;/q;;;+2/p-2. The van der Waals surface area contributed by atoms with Gasteiger partial charge in [-0.3, -0.25) is 0 Å². The Kier molecular flexibility index (Phi) is 12.6. The molecule has 7 heavy (non-hydrogen) atoms. The Morgan fingerprint density at radius 3 is 1.00 bits per heavy atom. The maximum absolute atomic E-state index is 2.25. The predicted octanol–water partition coefficient (Wildman–Crippen LogP) is -4.62. The number of halogens is 2. The average Bonchev–Trinajstić information content (AvgIpc) is 0.722. The molecule has 0 atom stereocenters. The molecule has 0 N–H and O–H groups in total. The second kappa shape index (κ2) is 5.58. The average molecular weight is 243 g/mol. The molecular weight excluding hydrogens is 234 g/mol. The molecule has 0 radical (unpaired) electrons. The van der Waals surface area contributed by atoms with Crippen molar-refractivity contribution < 1.29 is 24.8 Å². The van der Waals surface area contributed by atoms with Crippen LogP contribution in [0.25, 0.3) is 0 Å². The largest absolute Gasteiger partial charge is 1.00 e. The maximum Gasteiger partial charge on any atom is -1.00 e. The van der Waals surface area contributed by atoms with E-state index >= 15 is 0 Å². The number of rotatable bonds is 0. The molecule has 0 aromatic heterocycles. The zero-order chi connectivity index (χ0) is 4.50. The van der Waals surface area contributed by atoms with Gasteiger partial charge in [-0.2, -0.15) is 0 Å². The first kappa shape index (κ1) is 15.8. The minimum Gasteiger partial charge on any atom is -1.00 e. The summed E-state index contributed by atoms with van der Waals surface area (Å²) >= 11 is 1.36. The van der Waals surface area contributed by atoms with Crippen LogP contribution < -0.4 is 24.8 Å². The van der Waals surface area contributed by atoms with Gasteiger partial charge < -0.3 is 24.8 Å². The van der Waals surface area contributed by atoms with E-state index in [1.54, 1.807) is 0 Å².